The predicted octanol–water partition coefficient (Wildman–Crippen LogP) is 4.08. The summed E-state index contributed by atoms with van der Waals surface area (Å²) in [5.41, 5.74) is 2.74. The smallest absolute Gasteiger partial charge is 0.118 e. The van der Waals surface area contributed by atoms with Crippen molar-refractivity contribution in [2.75, 3.05) is 13.7 Å². The lowest BCUT2D eigenvalue weighted by atomic mass is 9.71. The highest BCUT2D eigenvalue weighted by Gasteiger charge is 2.34. The summed E-state index contributed by atoms with van der Waals surface area (Å²) in [6, 6.07) is 14.6. The predicted molar refractivity (Wildman–Crippen MR) is 93.7 cm³/mol. The van der Waals surface area contributed by atoms with E-state index in [0.29, 0.717) is 0 Å². The topological polar surface area (TPSA) is 34.1 Å². The fraction of sp³-hybridized carbons (Fsp3) is 0.450. The number of hydrogen-bond donors (Lipinski definition) is 1. The minimum atomic E-state index is 0.200. The lowest BCUT2D eigenvalue weighted by molar-refractivity contribution is 0.273. The molecule has 1 aliphatic carbocycles. The summed E-state index contributed by atoms with van der Waals surface area (Å²) >= 11 is 0. The molecule has 0 atom stereocenters. The summed E-state index contributed by atoms with van der Waals surface area (Å²) in [4.78, 5) is 4.67. The molecule has 2 aromatic rings. The normalized spacial score (nSPS) is 16.9. The highest BCUT2D eigenvalue weighted by molar-refractivity contribution is 5.27. The van der Waals surface area contributed by atoms with Crippen LogP contribution in [0.1, 0.15) is 43.4 Å². The van der Waals surface area contributed by atoms with Gasteiger partial charge in [-0.1, -0.05) is 37.5 Å². The average molecular weight is 310 g/mol. The molecule has 1 N–H and O–H groups in total. The van der Waals surface area contributed by atoms with Crippen LogP contribution in [0.25, 0.3) is 0 Å². The van der Waals surface area contributed by atoms with E-state index in [4.69, 9.17) is 4.74 Å². The number of rotatable bonds is 6. The van der Waals surface area contributed by atoms with Crippen molar-refractivity contribution in [2.45, 2.75) is 44.1 Å². The molecule has 3 rings (SSSR count). The van der Waals surface area contributed by atoms with Crippen LogP contribution in [0.15, 0.2) is 48.7 Å². The number of nitrogens with one attached hydrogen (secondary N) is 1. The van der Waals surface area contributed by atoms with Gasteiger partial charge in [0.05, 0.1) is 7.11 Å². The Morgan fingerprint density at radius 3 is 2.48 bits per heavy atom. The van der Waals surface area contributed by atoms with Gasteiger partial charge in [0.15, 0.2) is 0 Å². The van der Waals surface area contributed by atoms with Gasteiger partial charge in [0.1, 0.15) is 5.75 Å². The third kappa shape index (κ3) is 3.91. The number of methoxy groups -OCH3 is 1. The number of nitrogens with zero attached hydrogens (tertiary/aromatic N) is 1. The van der Waals surface area contributed by atoms with Gasteiger partial charge >= 0.3 is 0 Å². The molecule has 0 spiro atoms. The molecule has 1 fully saturated rings. The van der Waals surface area contributed by atoms with Gasteiger partial charge in [0.25, 0.3) is 0 Å². The first-order valence-corrected chi connectivity index (χ1v) is 8.58. The van der Waals surface area contributed by atoms with Crippen molar-refractivity contribution in [3.05, 3.63) is 59.9 Å². The second-order valence-corrected chi connectivity index (χ2v) is 6.51. The Morgan fingerprint density at radius 1 is 1.04 bits per heavy atom. The van der Waals surface area contributed by atoms with E-state index >= 15 is 0 Å². The molecule has 23 heavy (non-hydrogen) atoms. The van der Waals surface area contributed by atoms with Crippen LogP contribution in [0.3, 0.4) is 0 Å². The lowest BCUT2D eigenvalue weighted by Gasteiger charge is -2.37. The molecule has 3 nitrogen and oxygen atoms in total. The monoisotopic (exact) mass is 310 g/mol. The minimum absolute atomic E-state index is 0.200. The first-order valence-electron chi connectivity index (χ1n) is 8.58. The number of hydrogen-bond acceptors (Lipinski definition) is 3. The van der Waals surface area contributed by atoms with E-state index in [0.717, 1.165) is 18.8 Å². The van der Waals surface area contributed by atoms with Gasteiger partial charge in [0, 0.05) is 30.4 Å². The highest BCUT2D eigenvalue weighted by atomic mass is 16.5. The molecule has 1 heterocycles. The average Bonchev–Trinajstić information content (AvgIpc) is 2.64. The zero-order valence-corrected chi connectivity index (χ0v) is 13.9. The van der Waals surface area contributed by atoms with E-state index in [1.807, 2.05) is 24.4 Å². The minimum Gasteiger partial charge on any atom is -0.497 e. The van der Waals surface area contributed by atoms with Crippen molar-refractivity contribution in [1.29, 1.82) is 0 Å². The molecular formula is C20H26N2O. The Hall–Kier alpha value is -1.87. The van der Waals surface area contributed by atoms with Crippen molar-refractivity contribution in [1.82, 2.24) is 10.3 Å². The third-order valence-electron chi connectivity index (χ3n) is 4.97. The molecule has 0 aliphatic heterocycles. The van der Waals surface area contributed by atoms with Crippen LogP contribution in [-0.4, -0.2) is 18.6 Å². The maximum Gasteiger partial charge on any atom is 0.118 e. The number of pyridine rings is 1. The van der Waals surface area contributed by atoms with Gasteiger partial charge in [0.2, 0.25) is 0 Å². The number of aromatic nitrogens is 1. The summed E-state index contributed by atoms with van der Waals surface area (Å²) in [6.07, 6.45) is 8.36. The third-order valence-corrected chi connectivity index (χ3v) is 4.97. The second-order valence-electron chi connectivity index (χ2n) is 6.51. The van der Waals surface area contributed by atoms with Crippen LogP contribution in [0, 0.1) is 0 Å². The molecule has 122 valence electrons. The van der Waals surface area contributed by atoms with Gasteiger partial charge in [-0.25, -0.2) is 0 Å². The first-order chi connectivity index (χ1) is 11.3. The summed E-state index contributed by atoms with van der Waals surface area (Å²) < 4.78 is 5.21. The van der Waals surface area contributed by atoms with Crippen molar-refractivity contribution < 1.29 is 4.74 Å². The van der Waals surface area contributed by atoms with Crippen molar-refractivity contribution in [2.24, 2.45) is 0 Å². The van der Waals surface area contributed by atoms with Gasteiger partial charge in [-0.2, -0.15) is 0 Å². The molecule has 0 saturated heterocycles. The van der Waals surface area contributed by atoms with E-state index < -0.39 is 0 Å². The van der Waals surface area contributed by atoms with Crippen molar-refractivity contribution >= 4 is 0 Å². The van der Waals surface area contributed by atoms with E-state index in [1.54, 1.807) is 7.11 Å². The molecule has 0 unspecified atom stereocenters. The molecule has 1 aromatic carbocycles. The maximum absolute atomic E-state index is 5.21. The fourth-order valence-electron chi connectivity index (χ4n) is 3.62. The maximum atomic E-state index is 5.21. The fourth-order valence-corrected chi connectivity index (χ4v) is 3.62. The molecule has 1 saturated carbocycles. The molecule has 0 amide bonds. The molecule has 0 radical (unpaired) electrons. The molecule has 1 aromatic heterocycles. The Kier molecular flexibility index (Phi) is 5.29. The Bertz CT molecular complexity index is 589. The zero-order valence-electron chi connectivity index (χ0n) is 13.9. The lowest BCUT2D eigenvalue weighted by Crippen LogP contribution is -2.40. The van der Waals surface area contributed by atoms with Crippen LogP contribution >= 0.6 is 0 Å². The molecule has 1 aliphatic rings. The zero-order chi connectivity index (χ0) is 16.0. The molecule has 0 bridgehead atoms. The summed E-state index contributed by atoms with van der Waals surface area (Å²) in [5.74, 6) is 0.908. The largest absolute Gasteiger partial charge is 0.497 e. The van der Waals surface area contributed by atoms with E-state index in [2.05, 4.69) is 34.6 Å². The second kappa shape index (κ2) is 7.60. The van der Waals surface area contributed by atoms with Gasteiger partial charge < -0.3 is 10.1 Å². The highest BCUT2D eigenvalue weighted by Crippen LogP contribution is 2.38. The standard InChI is InChI=1S/C20H26N2O/c1-23-18-10-8-17(9-11-18)15-21-16-20(12-4-2-5-13-20)19-7-3-6-14-22-19/h3,6-11,14,21H,2,4-5,12-13,15-16H2,1H3. The number of ether oxygens (including phenoxy) is 1. The quantitative estimate of drug-likeness (QED) is 0.873. The Balaban J connectivity index is 1.65. The van der Waals surface area contributed by atoms with Crippen molar-refractivity contribution in [3.63, 3.8) is 0 Å². The first kappa shape index (κ1) is 16.0. The van der Waals surface area contributed by atoms with Crippen LogP contribution in [0.2, 0.25) is 0 Å². The Labute approximate surface area is 139 Å². The van der Waals surface area contributed by atoms with Gasteiger partial charge in [-0.15, -0.1) is 0 Å². The summed E-state index contributed by atoms with van der Waals surface area (Å²) in [7, 11) is 1.70. The van der Waals surface area contributed by atoms with Gasteiger partial charge in [-0.3, -0.25) is 4.98 Å². The van der Waals surface area contributed by atoms with E-state index in [9.17, 15) is 0 Å². The molecular weight excluding hydrogens is 284 g/mol. The van der Waals surface area contributed by atoms with Crippen LogP contribution < -0.4 is 10.1 Å². The van der Waals surface area contributed by atoms with Crippen molar-refractivity contribution in [3.8, 4) is 5.75 Å². The van der Waals surface area contributed by atoms with E-state index in [-0.39, 0.29) is 5.41 Å². The van der Waals surface area contributed by atoms with Crippen LogP contribution in [0.5, 0.6) is 5.75 Å². The van der Waals surface area contributed by atoms with E-state index in [1.165, 1.54) is 43.4 Å². The Morgan fingerprint density at radius 2 is 1.83 bits per heavy atom. The SMILES string of the molecule is COc1ccc(CNCC2(c3ccccn3)CCCCC2)cc1. The van der Waals surface area contributed by atoms with Crippen LogP contribution in [0.4, 0.5) is 0 Å². The summed E-state index contributed by atoms with van der Waals surface area (Å²) in [6.45, 7) is 1.88. The van der Waals surface area contributed by atoms with Crippen LogP contribution in [-0.2, 0) is 12.0 Å². The molecule has 3 heteroatoms. The summed E-state index contributed by atoms with van der Waals surface area (Å²) in [5, 5.41) is 3.67. The number of benzene rings is 1. The van der Waals surface area contributed by atoms with Gasteiger partial charge in [-0.05, 0) is 42.7 Å².